The number of nitrogens with one attached hydrogen (secondary N) is 2. The zero-order valence-electron chi connectivity index (χ0n) is 13.0. The summed E-state index contributed by atoms with van der Waals surface area (Å²) in [5.41, 5.74) is 4.35. The molecule has 0 amide bonds. The first-order chi connectivity index (χ1) is 11.1. The molecule has 0 spiro atoms. The number of aromatic nitrogens is 3. The summed E-state index contributed by atoms with van der Waals surface area (Å²) in [6.45, 7) is 1.75. The fourth-order valence-electron chi connectivity index (χ4n) is 3.33. The highest BCUT2D eigenvalue weighted by Gasteiger charge is 2.30. The predicted molar refractivity (Wildman–Crippen MR) is 87.7 cm³/mol. The molecule has 1 atom stereocenters. The largest absolute Gasteiger partial charge is 0.481 e. The Kier molecular flexibility index (Phi) is 3.22. The summed E-state index contributed by atoms with van der Waals surface area (Å²) in [6.07, 6.45) is 6.66. The van der Waals surface area contributed by atoms with Crippen molar-refractivity contribution in [2.75, 3.05) is 0 Å². The number of rotatable bonds is 5. The molecule has 118 valence electrons. The molecule has 3 N–H and O–H groups in total. The van der Waals surface area contributed by atoms with E-state index in [1.165, 1.54) is 24.1 Å². The van der Waals surface area contributed by atoms with Crippen molar-refractivity contribution in [3.63, 3.8) is 0 Å². The minimum absolute atomic E-state index is 0.531. The molecule has 1 fully saturated rings. The van der Waals surface area contributed by atoms with Crippen molar-refractivity contribution >= 4 is 16.9 Å². The van der Waals surface area contributed by atoms with Crippen molar-refractivity contribution in [3.05, 3.63) is 53.2 Å². The van der Waals surface area contributed by atoms with E-state index < -0.39 is 11.9 Å². The van der Waals surface area contributed by atoms with E-state index in [2.05, 4.69) is 15.0 Å². The smallest absolute Gasteiger partial charge is 0.310 e. The summed E-state index contributed by atoms with van der Waals surface area (Å²) in [4.78, 5) is 22.5. The van der Waals surface area contributed by atoms with Gasteiger partial charge in [-0.15, -0.1) is 0 Å². The highest BCUT2D eigenvalue weighted by Crippen LogP contribution is 2.44. The molecule has 0 aliphatic heterocycles. The number of imidazole rings is 1. The number of H-pyrrole nitrogens is 2. The summed E-state index contributed by atoms with van der Waals surface area (Å²) < 4.78 is 0. The molecule has 1 aliphatic rings. The van der Waals surface area contributed by atoms with Gasteiger partial charge in [-0.1, -0.05) is 12.1 Å². The lowest BCUT2D eigenvalue weighted by atomic mass is 9.93. The number of hydrogen-bond acceptors (Lipinski definition) is 2. The maximum absolute atomic E-state index is 11.5. The van der Waals surface area contributed by atoms with Crippen LogP contribution in [0.5, 0.6) is 0 Å². The molecule has 1 aromatic carbocycles. The van der Waals surface area contributed by atoms with E-state index in [0.717, 1.165) is 22.3 Å². The van der Waals surface area contributed by atoms with E-state index in [-0.39, 0.29) is 0 Å². The monoisotopic (exact) mass is 309 g/mol. The Bertz CT molecular complexity index is 860. The van der Waals surface area contributed by atoms with Gasteiger partial charge in [0.2, 0.25) is 0 Å². The highest BCUT2D eigenvalue weighted by atomic mass is 16.4. The van der Waals surface area contributed by atoms with Crippen molar-refractivity contribution < 1.29 is 9.90 Å². The number of hydrogen-bond donors (Lipinski definition) is 3. The van der Waals surface area contributed by atoms with Gasteiger partial charge in [0, 0.05) is 35.4 Å². The number of carboxylic acids is 1. The lowest BCUT2D eigenvalue weighted by Crippen LogP contribution is -2.08. The lowest BCUT2D eigenvalue weighted by Gasteiger charge is -2.10. The van der Waals surface area contributed by atoms with E-state index in [1.807, 2.05) is 24.4 Å². The quantitative estimate of drug-likeness (QED) is 0.674. The van der Waals surface area contributed by atoms with E-state index in [4.69, 9.17) is 0 Å². The van der Waals surface area contributed by atoms with Gasteiger partial charge in [0.25, 0.3) is 0 Å². The van der Waals surface area contributed by atoms with Crippen LogP contribution in [0.4, 0.5) is 0 Å². The minimum atomic E-state index is -0.796. The number of benzene rings is 1. The maximum atomic E-state index is 11.5. The normalized spacial score (nSPS) is 15.9. The van der Waals surface area contributed by atoms with Gasteiger partial charge in [-0.2, -0.15) is 0 Å². The molecule has 2 heterocycles. The zero-order chi connectivity index (χ0) is 16.0. The van der Waals surface area contributed by atoms with Crippen LogP contribution >= 0.6 is 0 Å². The molecule has 0 bridgehead atoms. The second kappa shape index (κ2) is 5.26. The van der Waals surface area contributed by atoms with Crippen LogP contribution in [0, 0.1) is 0 Å². The molecule has 5 heteroatoms. The van der Waals surface area contributed by atoms with Gasteiger partial charge in [-0.3, -0.25) is 4.79 Å². The molecule has 0 radical (unpaired) electrons. The third-order valence-electron chi connectivity index (χ3n) is 4.71. The Morgan fingerprint density at radius 1 is 1.43 bits per heavy atom. The number of carboxylic acid groups (broad SMARTS) is 1. The maximum Gasteiger partial charge on any atom is 0.310 e. The van der Waals surface area contributed by atoms with Crippen LogP contribution in [0.25, 0.3) is 10.9 Å². The number of aliphatic carboxylic acids is 1. The standard InChI is InChI=1S/C18H19N3O2/c1-10(18(22)23)12-3-2-4-14-16(12)13(9-15-19-7-8-20-15)17(21-14)11-5-6-11/h2-4,7-8,10-11,21H,5-6,9H2,1H3,(H,19,20)(H,22,23). The first-order valence-electron chi connectivity index (χ1n) is 7.99. The summed E-state index contributed by atoms with van der Waals surface area (Å²) in [6, 6.07) is 5.89. The van der Waals surface area contributed by atoms with Crippen molar-refractivity contribution in [1.29, 1.82) is 0 Å². The predicted octanol–water partition coefficient (Wildman–Crippen LogP) is 3.55. The molecule has 1 saturated carbocycles. The number of aromatic amines is 2. The molecule has 1 aliphatic carbocycles. The molecule has 4 rings (SSSR count). The van der Waals surface area contributed by atoms with Gasteiger partial charge in [-0.25, -0.2) is 4.98 Å². The fraction of sp³-hybridized carbons (Fsp3) is 0.333. The molecular formula is C18H19N3O2. The molecule has 5 nitrogen and oxygen atoms in total. The van der Waals surface area contributed by atoms with E-state index in [0.29, 0.717) is 12.3 Å². The lowest BCUT2D eigenvalue weighted by molar-refractivity contribution is -0.138. The first-order valence-corrected chi connectivity index (χ1v) is 7.99. The summed E-state index contributed by atoms with van der Waals surface area (Å²) in [5.74, 6) is 0.151. The number of nitrogens with zero attached hydrogens (tertiary/aromatic N) is 1. The van der Waals surface area contributed by atoms with Crippen molar-refractivity contribution in [3.8, 4) is 0 Å². The Labute approximate surface area is 133 Å². The molecule has 0 saturated heterocycles. The van der Waals surface area contributed by atoms with Crippen LogP contribution in [-0.2, 0) is 11.2 Å². The summed E-state index contributed by atoms with van der Waals surface area (Å²) in [7, 11) is 0. The molecule has 3 aromatic rings. The topological polar surface area (TPSA) is 81.8 Å². The highest BCUT2D eigenvalue weighted by molar-refractivity contribution is 5.92. The SMILES string of the molecule is CC(C(=O)O)c1cccc2[nH]c(C3CC3)c(Cc3ncc[nH]3)c12. The Hall–Kier alpha value is -2.56. The van der Waals surface area contributed by atoms with Crippen molar-refractivity contribution in [2.45, 2.75) is 38.0 Å². The fourth-order valence-corrected chi connectivity index (χ4v) is 3.33. The average molecular weight is 309 g/mol. The number of fused-ring (bicyclic) bond motifs is 1. The summed E-state index contributed by atoms with van der Waals surface area (Å²) in [5, 5.41) is 10.5. The van der Waals surface area contributed by atoms with Crippen LogP contribution in [0.3, 0.4) is 0 Å². The van der Waals surface area contributed by atoms with Crippen LogP contribution in [0.2, 0.25) is 0 Å². The Morgan fingerprint density at radius 3 is 2.91 bits per heavy atom. The molecule has 2 aromatic heterocycles. The number of carbonyl (C=O) groups is 1. The van der Waals surface area contributed by atoms with Crippen molar-refractivity contribution in [1.82, 2.24) is 15.0 Å². The minimum Gasteiger partial charge on any atom is -0.481 e. The Balaban J connectivity index is 1.92. The van der Waals surface area contributed by atoms with Crippen molar-refractivity contribution in [2.24, 2.45) is 0 Å². The van der Waals surface area contributed by atoms with Crippen LogP contribution in [0.15, 0.2) is 30.6 Å². The molecular weight excluding hydrogens is 290 g/mol. The van der Waals surface area contributed by atoms with Crippen LogP contribution < -0.4 is 0 Å². The second-order valence-corrected chi connectivity index (χ2v) is 6.33. The van der Waals surface area contributed by atoms with Gasteiger partial charge in [-0.05, 0) is 42.9 Å². The van der Waals surface area contributed by atoms with Gasteiger partial charge in [0.1, 0.15) is 5.82 Å². The van der Waals surface area contributed by atoms with Gasteiger partial charge in [0.15, 0.2) is 0 Å². The summed E-state index contributed by atoms with van der Waals surface area (Å²) >= 11 is 0. The van der Waals surface area contributed by atoms with Gasteiger partial charge < -0.3 is 15.1 Å². The van der Waals surface area contributed by atoms with Gasteiger partial charge in [0.05, 0.1) is 5.92 Å². The van der Waals surface area contributed by atoms with E-state index >= 15 is 0 Å². The zero-order valence-corrected chi connectivity index (χ0v) is 13.0. The molecule has 23 heavy (non-hydrogen) atoms. The third-order valence-corrected chi connectivity index (χ3v) is 4.71. The molecule has 1 unspecified atom stereocenters. The third kappa shape index (κ3) is 2.42. The van der Waals surface area contributed by atoms with Gasteiger partial charge >= 0.3 is 5.97 Å². The second-order valence-electron chi connectivity index (χ2n) is 6.33. The van der Waals surface area contributed by atoms with Crippen LogP contribution in [-0.4, -0.2) is 26.0 Å². The average Bonchev–Trinajstić information content (AvgIpc) is 3.13. The van der Waals surface area contributed by atoms with E-state index in [9.17, 15) is 9.90 Å². The van der Waals surface area contributed by atoms with Crippen LogP contribution in [0.1, 0.15) is 54.2 Å². The van der Waals surface area contributed by atoms with E-state index in [1.54, 1.807) is 13.1 Å². The Morgan fingerprint density at radius 2 is 2.26 bits per heavy atom. The first kappa shape index (κ1) is 14.1.